The smallest absolute Gasteiger partial charge is 0.246 e. The molecule has 1 saturated heterocycles. The minimum absolute atomic E-state index is 0.112. The maximum absolute atomic E-state index is 11.9. The summed E-state index contributed by atoms with van der Waals surface area (Å²) in [6.45, 7) is 3.53. The molecule has 0 N–H and O–H groups in total. The Kier molecular flexibility index (Phi) is 3.85. The number of likely N-dealkylation sites (tertiary alicyclic amines) is 1. The van der Waals surface area contributed by atoms with E-state index in [0.717, 1.165) is 44.1 Å². The molecule has 2 heterocycles. The van der Waals surface area contributed by atoms with Crippen LogP contribution < -0.4 is 0 Å². The van der Waals surface area contributed by atoms with Crippen molar-refractivity contribution in [1.29, 1.82) is 0 Å². The summed E-state index contributed by atoms with van der Waals surface area (Å²) < 4.78 is 5.33. The summed E-state index contributed by atoms with van der Waals surface area (Å²) in [7, 11) is 0. The Labute approximate surface area is 119 Å². The van der Waals surface area contributed by atoms with E-state index in [0.29, 0.717) is 11.8 Å². The van der Waals surface area contributed by atoms with Crippen LogP contribution in [0.25, 0.3) is 0 Å². The van der Waals surface area contributed by atoms with Crippen LogP contribution in [-0.2, 0) is 11.2 Å². The predicted octanol–water partition coefficient (Wildman–Crippen LogP) is 2.30. The SMILES string of the molecule is C/C=C\C(=O)N1CCCC(Cc2nc(C3CC3)no2)C1. The van der Waals surface area contributed by atoms with Crippen molar-refractivity contribution < 1.29 is 9.32 Å². The first-order valence-corrected chi connectivity index (χ1v) is 7.50. The van der Waals surface area contributed by atoms with E-state index in [2.05, 4.69) is 10.1 Å². The summed E-state index contributed by atoms with van der Waals surface area (Å²) in [5.74, 6) is 2.69. The Hall–Kier alpha value is -1.65. The van der Waals surface area contributed by atoms with Crippen LogP contribution in [0.15, 0.2) is 16.7 Å². The molecule has 1 atom stereocenters. The highest BCUT2D eigenvalue weighted by atomic mass is 16.5. The fourth-order valence-corrected chi connectivity index (χ4v) is 2.79. The molecular weight excluding hydrogens is 254 g/mol. The third kappa shape index (κ3) is 3.08. The average molecular weight is 275 g/mol. The lowest BCUT2D eigenvalue weighted by Gasteiger charge is -2.31. The summed E-state index contributed by atoms with van der Waals surface area (Å²) in [4.78, 5) is 18.3. The number of rotatable bonds is 4. The monoisotopic (exact) mass is 275 g/mol. The number of piperidine rings is 1. The molecule has 108 valence electrons. The summed E-state index contributed by atoms with van der Waals surface area (Å²) >= 11 is 0. The van der Waals surface area contributed by atoms with Crippen LogP contribution in [-0.4, -0.2) is 34.0 Å². The molecule has 20 heavy (non-hydrogen) atoms. The predicted molar refractivity (Wildman–Crippen MR) is 74.1 cm³/mol. The van der Waals surface area contributed by atoms with Crippen molar-refractivity contribution in [2.75, 3.05) is 13.1 Å². The van der Waals surface area contributed by atoms with Gasteiger partial charge in [0, 0.05) is 25.4 Å². The van der Waals surface area contributed by atoms with Gasteiger partial charge in [-0.05, 0) is 44.6 Å². The highest BCUT2D eigenvalue weighted by molar-refractivity contribution is 5.87. The maximum atomic E-state index is 11.9. The van der Waals surface area contributed by atoms with Gasteiger partial charge in [-0.1, -0.05) is 11.2 Å². The van der Waals surface area contributed by atoms with E-state index in [1.165, 1.54) is 12.8 Å². The lowest BCUT2D eigenvalue weighted by Crippen LogP contribution is -2.39. The molecule has 3 rings (SSSR count). The number of amides is 1. The average Bonchev–Trinajstić information content (AvgIpc) is 3.20. The molecule has 1 amide bonds. The lowest BCUT2D eigenvalue weighted by atomic mass is 9.94. The van der Waals surface area contributed by atoms with Gasteiger partial charge < -0.3 is 9.42 Å². The van der Waals surface area contributed by atoms with Gasteiger partial charge in [-0.3, -0.25) is 4.79 Å². The molecule has 1 aliphatic carbocycles. The minimum atomic E-state index is 0.112. The molecule has 0 spiro atoms. The van der Waals surface area contributed by atoms with Gasteiger partial charge in [0.2, 0.25) is 11.8 Å². The summed E-state index contributed by atoms with van der Waals surface area (Å²) in [6, 6.07) is 0. The number of carbonyl (C=O) groups excluding carboxylic acids is 1. The standard InChI is InChI=1S/C15H21N3O2/c1-2-4-14(19)18-8-3-5-11(10-18)9-13-16-15(17-20-13)12-6-7-12/h2,4,11-12H,3,5-10H2,1H3/b4-2-. The summed E-state index contributed by atoms with van der Waals surface area (Å²) in [5, 5.41) is 4.05. The van der Waals surface area contributed by atoms with E-state index in [1.807, 2.05) is 11.8 Å². The van der Waals surface area contributed by atoms with Crippen LogP contribution in [0.4, 0.5) is 0 Å². The Morgan fingerprint density at radius 2 is 2.30 bits per heavy atom. The molecule has 1 aromatic rings. The van der Waals surface area contributed by atoms with Gasteiger partial charge in [-0.15, -0.1) is 0 Å². The van der Waals surface area contributed by atoms with E-state index in [9.17, 15) is 4.79 Å². The Morgan fingerprint density at radius 1 is 1.45 bits per heavy atom. The van der Waals surface area contributed by atoms with Gasteiger partial charge in [0.15, 0.2) is 5.82 Å². The minimum Gasteiger partial charge on any atom is -0.339 e. The van der Waals surface area contributed by atoms with Crippen LogP contribution >= 0.6 is 0 Å². The van der Waals surface area contributed by atoms with Crippen molar-refractivity contribution in [3.63, 3.8) is 0 Å². The fourth-order valence-electron chi connectivity index (χ4n) is 2.79. The molecule has 2 fully saturated rings. The zero-order chi connectivity index (χ0) is 13.9. The van der Waals surface area contributed by atoms with Gasteiger partial charge in [0.25, 0.3) is 0 Å². The third-order valence-electron chi connectivity index (χ3n) is 4.03. The van der Waals surface area contributed by atoms with E-state index < -0.39 is 0 Å². The van der Waals surface area contributed by atoms with Crippen molar-refractivity contribution in [3.05, 3.63) is 23.9 Å². The van der Waals surface area contributed by atoms with E-state index >= 15 is 0 Å². The number of carbonyl (C=O) groups is 1. The highest BCUT2D eigenvalue weighted by Gasteiger charge is 2.30. The second-order valence-corrected chi connectivity index (χ2v) is 5.82. The van der Waals surface area contributed by atoms with E-state index in [4.69, 9.17) is 4.52 Å². The second kappa shape index (κ2) is 5.77. The largest absolute Gasteiger partial charge is 0.339 e. The van der Waals surface area contributed by atoms with Gasteiger partial charge in [0.1, 0.15) is 0 Å². The number of allylic oxidation sites excluding steroid dienone is 1. The molecule has 2 aliphatic rings. The fraction of sp³-hybridized carbons (Fsp3) is 0.667. The molecule has 1 aliphatic heterocycles. The van der Waals surface area contributed by atoms with Crippen molar-refractivity contribution in [3.8, 4) is 0 Å². The number of hydrogen-bond donors (Lipinski definition) is 0. The van der Waals surface area contributed by atoms with Crippen LogP contribution in [0.1, 0.15) is 50.2 Å². The quantitative estimate of drug-likeness (QED) is 0.791. The highest BCUT2D eigenvalue weighted by Crippen LogP contribution is 2.38. The summed E-state index contributed by atoms with van der Waals surface area (Å²) in [5.41, 5.74) is 0. The molecule has 0 radical (unpaired) electrons. The van der Waals surface area contributed by atoms with Crippen molar-refractivity contribution in [2.45, 2.75) is 44.9 Å². The Morgan fingerprint density at radius 3 is 3.05 bits per heavy atom. The molecule has 5 heteroatoms. The number of nitrogens with zero attached hydrogens (tertiary/aromatic N) is 3. The topological polar surface area (TPSA) is 59.2 Å². The molecule has 1 saturated carbocycles. The molecule has 5 nitrogen and oxygen atoms in total. The zero-order valence-corrected chi connectivity index (χ0v) is 11.9. The first kappa shape index (κ1) is 13.3. The maximum Gasteiger partial charge on any atom is 0.246 e. The van der Waals surface area contributed by atoms with Crippen LogP contribution in [0.2, 0.25) is 0 Å². The van der Waals surface area contributed by atoms with Crippen LogP contribution in [0.3, 0.4) is 0 Å². The molecular formula is C15H21N3O2. The van der Waals surface area contributed by atoms with Gasteiger partial charge >= 0.3 is 0 Å². The zero-order valence-electron chi connectivity index (χ0n) is 11.9. The van der Waals surface area contributed by atoms with E-state index in [-0.39, 0.29) is 5.91 Å². The number of hydrogen-bond acceptors (Lipinski definition) is 4. The van der Waals surface area contributed by atoms with Gasteiger partial charge in [0.05, 0.1) is 0 Å². The molecule has 1 aromatic heterocycles. The van der Waals surface area contributed by atoms with Crippen molar-refractivity contribution in [1.82, 2.24) is 15.0 Å². The Bertz CT molecular complexity index is 505. The first-order valence-electron chi connectivity index (χ1n) is 7.50. The van der Waals surface area contributed by atoms with E-state index in [1.54, 1.807) is 12.2 Å². The van der Waals surface area contributed by atoms with Crippen molar-refractivity contribution >= 4 is 5.91 Å². The molecule has 0 bridgehead atoms. The summed E-state index contributed by atoms with van der Waals surface area (Å²) in [6.07, 6.45) is 8.78. The van der Waals surface area contributed by atoms with Gasteiger partial charge in [-0.25, -0.2) is 0 Å². The Balaban J connectivity index is 1.57. The normalized spacial score (nSPS) is 23.4. The van der Waals surface area contributed by atoms with Gasteiger partial charge in [-0.2, -0.15) is 4.98 Å². The molecule has 0 aromatic carbocycles. The van der Waals surface area contributed by atoms with Crippen LogP contribution in [0, 0.1) is 5.92 Å². The second-order valence-electron chi connectivity index (χ2n) is 5.82. The lowest BCUT2D eigenvalue weighted by molar-refractivity contribution is -0.127. The van der Waals surface area contributed by atoms with Crippen LogP contribution in [0.5, 0.6) is 0 Å². The number of aromatic nitrogens is 2. The first-order chi connectivity index (χ1) is 9.76. The van der Waals surface area contributed by atoms with Crippen molar-refractivity contribution in [2.24, 2.45) is 5.92 Å². The third-order valence-corrected chi connectivity index (χ3v) is 4.03. The molecule has 1 unspecified atom stereocenters.